The molecule has 0 unspecified atom stereocenters. The van der Waals surface area contributed by atoms with Crippen molar-refractivity contribution < 1.29 is 0 Å². The van der Waals surface area contributed by atoms with E-state index in [0.717, 1.165) is 71.4 Å². The van der Waals surface area contributed by atoms with E-state index in [1.165, 1.54) is 4.70 Å². The fourth-order valence-corrected chi connectivity index (χ4v) is 8.08. The van der Waals surface area contributed by atoms with Crippen LogP contribution in [-0.4, -0.2) is 24.9 Å². The first kappa shape index (κ1) is 32.5. The SMILES string of the molecule is c1ccc(-c2ccc(-c3nc(-c4ccc(-c5ccccc5)cc4)nc(-c4ccc(-c5nc(-c6ccccc6)c6sc7ccccc7c6n5)cc4)n3)cc2)cc1. The lowest BCUT2D eigenvalue weighted by Crippen LogP contribution is -2.00. The third kappa shape index (κ3) is 6.35. The minimum Gasteiger partial charge on any atom is -0.226 e. The summed E-state index contributed by atoms with van der Waals surface area (Å²) in [5, 5.41) is 1.14. The van der Waals surface area contributed by atoms with Crippen molar-refractivity contribution in [2.45, 2.75) is 0 Å². The van der Waals surface area contributed by atoms with Crippen LogP contribution in [-0.2, 0) is 0 Å². The van der Waals surface area contributed by atoms with Crippen molar-refractivity contribution in [2.75, 3.05) is 0 Å². The Morgan fingerprint density at radius 2 is 0.618 bits per heavy atom. The first-order valence-corrected chi connectivity index (χ1v) is 19.0. The van der Waals surface area contributed by atoms with Crippen LogP contribution in [0.5, 0.6) is 0 Å². The normalized spacial score (nSPS) is 11.3. The van der Waals surface area contributed by atoms with Crippen LogP contribution in [0.2, 0.25) is 0 Å². The smallest absolute Gasteiger partial charge is 0.164 e. The zero-order valence-corrected chi connectivity index (χ0v) is 30.4. The van der Waals surface area contributed by atoms with Crippen LogP contribution in [0.15, 0.2) is 188 Å². The fourth-order valence-electron chi connectivity index (χ4n) is 6.93. The van der Waals surface area contributed by atoms with Gasteiger partial charge in [0, 0.05) is 37.9 Å². The second-order valence-electron chi connectivity index (χ2n) is 13.3. The number of rotatable bonds is 7. The molecule has 0 aliphatic rings. The number of nitrogens with zero attached hydrogens (tertiary/aromatic N) is 5. The van der Waals surface area contributed by atoms with Crippen LogP contribution in [0.25, 0.3) is 99.4 Å². The Hall–Kier alpha value is -7.15. The van der Waals surface area contributed by atoms with Gasteiger partial charge >= 0.3 is 0 Å². The summed E-state index contributed by atoms with van der Waals surface area (Å²) < 4.78 is 2.29. The van der Waals surface area contributed by atoms with Gasteiger partial charge in [0.05, 0.1) is 15.9 Å². The highest BCUT2D eigenvalue weighted by Gasteiger charge is 2.18. The van der Waals surface area contributed by atoms with E-state index in [1.807, 2.05) is 18.2 Å². The highest BCUT2D eigenvalue weighted by molar-refractivity contribution is 7.26. The molecular weight excluding hydrogens is 691 g/mol. The zero-order valence-electron chi connectivity index (χ0n) is 29.5. The molecule has 55 heavy (non-hydrogen) atoms. The van der Waals surface area contributed by atoms with Crippen LogP contribution in [0.1, 0.15) is 0 Å². The summed E-state index contributed by atoms with van der Waals surface area (Å²) in [6.45, 7) is 0. The van der Waals surface area contributed by atoms with Crippen molar-refractivity contribution in [2.24, 2.45) is 0 Å². The standard InChI is InChI=1S/C49H31N5S/c1-4-12-32(13-5-1)34-20-24-38(25-21-34)47-52-48(39-26-22-35(23-27-39)33-14-6-2-7-15-33)54-49(53-47)40-30-28-37(29-31-40)46-50-43(36-16-8-3-9-17-36)45-44(51-46)41-18-10-11-19-42(41)55-45/h1-31H. The van der Waals surface area contributed by atoms with Gasteiger partial charge in [-0.2, -0.15) is 0 Å². The van der Waals surface area contributed by atoms with E-state index in [1.54, 1.807) is 11.3 Å². The molecule has 3 aromatic heterocycles. The molecule has 0 aliphatic carbocycles. The molecule has 0 spiro atoms. The molecule has 0 N–H and O–H groups in total. The monoisotopic (exact) mass is 721 g/mol. The van der Waals surface area contributed by atoms with Crippen LogP contribution in [0.4, 0.5) is 0 Å². The second kappa shape index (κ2) is 14.0. The van der Waals surface area contributed by atoms with Crippen molar-refractivity contribution in [3.63, 3.8) is 0 Å². The van der Waals surface area contributed by atoms with Crippen molar-refractivity contribution in [1.29, 1.82) is 0 Å². The molecule has 0 fully saturated rings. The van der Waals surface area contributed by atoms with E-state index in [9.17, 15) is 0 Å². The Bertz CT molecular complexity index is 2830. The summed E-state index contributed by atoms with van der Waals surface area (Å²) in [5.74, 6) is 2.49. The maximum Gasteiger partial charge on any atom is 0.164 e. The maximum absolute atomic E-state index is 5.16. The summed E-state index contributed by atoms with van der Waals surface area (Å²) in [7, 11) is 0. The lowest BCUT2D eigenvalue weighted by molar-refractivity contribution is 1.07. The predicted molar refractivity (Wildman–Crippen MR) is 226 cm³/mol. The highest BCUT2D eigenvalue weighted by Crippen LogP contribution is 2.39. The van der Waals surface area contributed by atoms with Crippen molar-refractivity contribution in [3.05, 3.63) is 188 Å². The Morgan fingerprint density at radius 1 is 0.273 bits per heavy atom. The molecule has 0 saturated carbocycles. The number of hydrogen-bond donors (Lipinski definition) is 0. The van der Waals surface area contributed by atoms with Gasteiger partial charge < -0.3 is 0 Å². The van der Waals surface area contributed by atoms with E-state index >= 15 is 0 Å². The minimum atomic E-state index is 0.594. The minimum absolute atomic E-state index is 0.594. The van der Waals surface area contributed by atoms with E-state index in [0.29, 0.717) is 23.3 Å². The Morgan fingerprint density at radius 3 is 1.07 bits per heavy atom. The molecule has 10 aromatic rings. The number of fused-ring (bicyclic) bond motifs is 3. The molecular formula is C49H31N5S. The van der Waals surface area contributed by atoms with Crippen LogP contribution in [0, 0.1) is 0 Å². The van der Waals surface area contributed by atoms with Gasteiger partial charge in [-0.25, -0.2) is 24.9 Å². The van der Waals surface area contributed by atoms with E-state index in [4.69, 9.17) is 24.9 Å². The van der Waals surface area contributed by atoms with Gasteiger partial charge in [-0.15, -0.1) is 11.3 Å². The van der Waals surface area contributed by atoms with Crippen molar-refractivity contribution in [3.8, 4) is 79.1 Å². The van der Waals surface area contributed by atoms with Gasteiger partial charge in [-0.05, 0) is 28.3 Å². The summed E-state index contributed by atoms with van der Waals surface area (Å²) in [4.78, 5) is 25.4. The lowest BCUT2D eigenvalue weighted by Gasteiger charge is -2.10. The lowest BCUT2D eigenvalue weighted by atomic mass is 10.0. The third-order valence-corrected chi connectivity index (χ3v) is 11.0. The molecule has 0 atom stereocenters. The maximum atomic E-state index is 5.16. The van der Waals surface area contributed by atoms with E-state index in [-0.39, 0.29) is 0 Å². The molecule has 0 radical (unpaired) electrons. The van der Waals surface area contributed by atoms with E-state index in [2.05, 4.69) is 170 Å². The van der Waals surface area contributed by atoms with Crippen molar-refractivity contribution >= 4 is 31.6 Å². The third-order valence-electron chi connectivity index (χ3n) is 9.80. The Balaban J connectivity index is 1.06. The molecule has 0 amide bonds. The summed E-state index contributed by atoms with van der Waals surface area (Å²) >= 11 is 1.74. The number of thiophene rings is 1. The predicted octanol–water partition coefficient (Wildman–Crippen LogP) is 12.7. The average molecular weight is 722 g/mol. The van der Waals surface area contributed by atoms with Gasteiger partial charge in [-0.1, -0.05) is 182 Å². The molecule has 10 rings (SSSR count). The first-order valence-electron chi connectivity index (χ1n) is 18.2. The molecule has 0 saturated heterocycles. The molecule has 6 heteroatoms. The fraction of sp³-hybridized carbons (Fsp3) is 0. The largest absolute Gasteiger partial charge is 0.226 e. The van der Waals surface area contributed by atoms with Crippen LogP contribution < -0.4 is 0 Å². The summed E-state index contributed by atoms with van der Waals surface area (Å²) in [5.41, 5.74) is 11.2. The van der Waals surface area contributed by atoms with Gasteiger partial charge in [0.1, 0.15) is 0 Å². The number of benzene rings is 7. The van der Waals surface area contributed by atoms with Crippen LogP contribution >= 0.6 is 11.3 Å². The Labute approximate surface area is 322 Å². The first-order chi connectivity index (χ1) is 27.2. The van der Waals surface area contributed by atoms with Crippen LogP contribution in [0.3, 0.4) is 0 Å². The molecule has 0 aliphatic heterocycles. The van der Waals surface area contributed by atoms with Crippen molar-refractivity contribution in [1.82, 2.24) is 24.9 Å². The molecule has 5 nitrogen and oxygen atoms in total. The quantitative estimate of drug-likeness (QED) is 0.164. The second-order valence-corrected chi connectivity index (χ2v) is 14.4. The van der Waals surface area contributed by atoms with Gasteiger partial charge in [-0.3, -0.25) is 0 Å². The van der Waals surface area contributed by atoms with E-state index < -0.39 is 0 Å². The molecule has 3 heterocycles. The highest BCUT2D eigenvalue weighted by atomic mass is 32.1. The molecule has 0 bridgehead atoms. The van der Waals surface area contributed by atoms with Gasteiger partial charge in [0.15, 0.2) is 23.3 Å². The summed E-state index contributed by atoms with van der Waals surface area (Å²) in [6.07, 6.45) is 0. The number of aromatic nitrogens is 5. The number of hydrogen-bond acceptors (Lipinski definition) is 6. The average Bonchev–Trinajstić information content (AvgIpc) is 3.66. The molecule has 258 valence electrons. The van der Waals surface area contributed by atoms with Gasteiger partial charge in [0.25, 0.3) is 0 Å². The van der Waals surface area contributed by atoms with Gasteiger partial charge in [0.2, 0.25) is 0 Å². The molecule has 7 aromatic carbocycles. The topological polar surface area (TPSA) is 64.5 Å². The zero-order chi connectivity index (χ0) is 36.6. The summed E-state index contributed by atoms with van der Waals surface area (Å²) in [6, 6.07) is 64.6. The Kier molecular flexibility index (Phi) is 8.28.